The summed E-state index contributed by atoms with van der Waals surface area (Å²) in [4.78, 5) is 11.9. The second kappa shape index (κ2) is 5.32. The van der Waals surface area contributed by atoms with Gasteiger partial charge in [0, 0.05) is 15.8 Å². The lowest BCUT2D eigenvalue weighted by atomic mass is 10.1. The van der Waals surface area contributed by atoms with Crippen LogP contribution in [0.25, 0.3) is 0 Å². The lowest BCUT2D eigenvalue weighted by Gasteiger charge is -2.13. The maximum absolute atomic E-state index is 11.9. The fraction of sp³-hybridized carbons (Fsp3) is 0.417. The standard InChI is InChI=1S/C12H15IN2O2/c1-7-2-3-8(13)4-10(7)15-12(17)11-5-9(16)6-14-11/h2-4,9,11,14,16H,5-6H2,1H3,(H,15,17). The van der Waals surface area contributed by atoms with Gasteiger partial charge < -0.3 is 15.7 Å². The van der Waals surface area contributed by atoms with Gasteiger partial charge >= 0.3 is 0 Å². The van der Waals surface area contributed by atoms with Crippen LogP contribution in [-0.2, 0) is 4.79 Å². The molecule has 2 atom stereocenters. The molecule has 0 spiro atoms. The normalized spacial score (nSPS) is 23.7. The summed E-state index contributed by atoms with van der Waals surface area (Å²) >= 11 is 2.21. The van der Waals surface area contributed by atoms with Crippen molar-refractivity contribution in [3.63, 3.8) is 0 Å². The SMILES string of the molecule is Cc1ccc(I)cc1NC(=O)C1CC(O)CN1. The molecule has 4 nitrogen and oxygen atoms in total. The van der Waals surface area contributed by atoms with Crippen molar-refractivity contribution < 1.29 is 9.90 Å². The smallest absolute Gasteiger partial charge is 0.241 e. The number of hydrogen-bond donors (Lipinski definition) is 3. The van der Waals surface area contributed by atoms with Gasteiger partial charge in [-0.25, -0.2) is 0 Å². The van der Waals surface area contributed by atoms with E-state index in [-0.39, 0.29) is 11.9 Å². The Morgan fingerprint density at radius 1 is 1.59 bits per heavy atom. The molecule has 0 bridgehead atoms. The fourth-order valence-electron chi connectivity index (χ4n) is 1.87. The van der Waals surface area contributed by atoms with Crippen molar-refractivity contribution in [3.05, 3.63) is 27.3 Å². The van der Waals surface area contributed by atoms with Gasteiger partial charge in [-0.2, -0.15) is 0 Å². The van der Waals surface area contributed by atoms with E-state index in [1.54, 1.807) is 0 Å². The summed E-state index contributed by atoms with van der Waals surface area (Å²) in [7, 11) is 0. The third-order valence-electron chi connectivity index (χ3n) is 2.88. The van der Waals surface area contributed by atoms with E-state index in [2.05, 4.69) is 33.2 Å². The number of amides is 1. The van der Waals surface area contributed by atoms with Gasteiger partial charge in [-0.05, 0) is 53.6 Å². The second-order valence-electron chi connectivity index (χ2n) is 4.30. The van der Waals surface area contributed by atoms with Crippen molar-refractivity contribution in [2.75, 3.05) is 11.9 Å². The Labute approximate surface area is 114 Å². The second-order valence-corrected chi connectivity index (χ2v) is 5.54. The molecule has 0 radical (unpaired) electrons. The number of aryl methyl sites for hydroxylation is 1. The van der Waals surface area contributed by atoms with Crippen molar-refractivity contribution in [1.29, 1.82) is 0 Å². The Hall–Kier alpha value is -0.660. The first-order valence-electron chi connectivity index (χ1n) is 5.54. The van der Waals surface area contributed by atoms with E-state index in [0.717, 1.165) is 14.8 Å². The van der Waals surface area contributed by atoms with E-state index in [1.807, 2.05) is 25.1 Å². The third kappa shape index (κ3) is 3.17. The maximum Gasteiger partial charge on any atom is 0.241 e. The Morgan fingerprint density at radius 3 is 3.00 bits per heavy atom. The van der Waals surface area contributed by atoms with Crippen LogP contribution in [0.2, 0.25) is 0 Å². The summed E-state index contributed by atoms with van der Waals surface area (Å²) in [6, 6.07) is 5.64. The van der Waals surface area contributed by atoms with E-state index in [9.17, 15) is 9.90 Å². The number of rotatable bonds is 2. The molecule has 17 heavy (non-hydrogen) atoms. The summed E-state index contributed by atoms with van der Waals surface area (Å²) in [6.45, 7) is 2.45. The van der Waals surface area contributed by atoms with Crippen LogP contribution in [0.4, 0.5) is 5.69 Å². The zero-order valence-corrected chi connectivity index (χ0v) is 11.7. The van der Waals surface area contributed by atoms with Gasteiger partial charge in [0.1, 0.15) is 0 Å². The van der Waals surface area contributed by atoms with Gasteiger partial charge in [0.2, 0.25) is 5.91 Å². The lowest BCUT2D eigenvalue weighted by molar-refractivity contribution is -0.117. The Kier molecular flexibility index (Phi) is 4.01. The van der Waals surface area contributed by atoms with E-state index in [0.29, 0.717) is 13.0 Å². The first-order chi connectivity index (χ1) is 8.06. The molecular formula is C12H15IN2O2. The van der Waals surface area contributed by atoms with Crippen LogP contribution in [-0.4, -0.2) is 29.7 Å². The number of β-amino-alcohol motifs (C(OH)–C–C–N with tert-alkyl or cyclic N) is 1. The lowest BCUT2D eigenvalue weighted by Crippen LogP contribution is -2.35. The summed E-state index contributed by atoms with van der Waals surface area (Å²) in [5.74, 6) is -0.0772. The van der Waals surface area contributed by atoms with E-state index >= 15 is 0 Å². The number of aliphatic hydroxyl groups excluding tert-OH is 1. The molecule has 1 aliphatic rings. The minimum Gasteiger partial charge on any atom is -0.392 e. The molecule has 2 unspecified atom stereocenters. The number of halogens is 1. The van der Waals surface area contributed by atoms with Crippen LogP contribution in [0.3, 0.4) is 0 Å². The predicted octanol–water partition coefficient (Wildman–Crippen LogP) is 1.26. The highest BCUT2D eigenvalue weighted by atomic mass is 127. The number of aliphatic hydroxyl groups is 1. The Balaban J connectivity index is 2.05. The Morgan fingerprint density at radius 2 is 2.35 bits per heavy atom. The van der Waals surface area contributed by atoms with Gasteiger partial charge in [-0.1, -0.05) is 6.07 Å². The highest BCUT2D eigenvalue weighted by molar-refractivity contribution is 14.1. The average Bonchev–Trinajstić information content (AvgIpc) is 2.70. The number of carbonyl (C=O) groups is 1. The molecule has 1 fully saturated rings. The molecule has 0 aliphatic carbocycles. The highest BCUT2D eigenvalue weighted by Gasteiger charge is 2.28. The highest BCUT2D eigenvalue weighted by Crippen LogP contribution is 2.19. The summed E-state index contributed by atoms with van der Waals surface area (Å²) < 4.78 is 1.09. The first kappa shape index (κ1) is 12.8. The minimum absolute atomic E-state index is 0.0772. The molecule has 1 saturated heterocycles. The number of hydrogen-bond acceptors (Lipinski definition) is 3. The minimum atomic E-state index is -0.414. The molecule has 92 valence electrons. The van der Waals surface area contributed by atoms with Crippen molar-refractivity contribution in [2.45, 2.75) is 25.5 Å². The molecule has 1 heterocycles. The molecule has 0 saturated carbocycles. The largest absolute Gasteiger partial charge is 0.392 e. The molecule has 0 aromatic heterocycles. The summed E-state index contributed by atoms with van der Waals surface area (Å²) in [5, 5.41) is 15.3. The zero-order chi connectivity index (χ0) is 12.4. The monoisotopic (exact) mass is 346 g/mol. The van der Waals surface area contributed by atoms with Gasteiger partial charge in [-0.15, -0.1) is 0 Å². The summed E-state index contributed by atoms with van der Waals surface area (Å²) in [6.07, 6.45) is 0.0668. The first-order valence-corrected chi connectivity index (χ1v) is 6.62. The molecular weight excluding hydrogens is 331 g/mol. The molecule has 1 aromatic rings. The maximum atomic E-state index is 11.9. The molecule has 1 aromatic carbocycles. The van der Waals surface area contributed by atoms with E-state index in [4.69, 9.17) is 0 Å². The molecule has 3 N–H and O–H groups in total. The molecule has 2 rings (SSSR count). The number of anilines is 1. The fourth-order valence-corrected chi connectivity index (χ4v) is 2.36. The number of carbonyl (C=O) groups excluding carboxylic acids is 1. The van der Waals surface area contributed by atoms with Crippen LogP contribution in [0.1, 0.15) is 12.0 Å². The topological polar surface area (TPSA) is 61.4 Å². The van der Waals surface area contributed by atoms with Crippen LogP contribution in [0.5, 0.6) is 0 Å². The third-order valence-corrected chi connectivity index (χ3v) is 3.55. The van der Waals surface area contributed by atoms with Gasteiger partial charge in [0.15, 0.2) is 0 Å². The quantitative estimate of drug-likeness (QED) is 0.707. The average molecular weight is 346 g/mol. The number of nitrogens with one attached hydrogen (secondary N) is 2. The Bertz CT molecular complexity index is 437. The van der Waals surface area contributed by atoms with Gasteiger partial charge in [0.05, 0.1) is 12.1 Å². The van der Waals surface area contributed by atoms with Crippen LogP contribution < -0.4 is 10.6 Å². The van der Waals surface area contributed by atoms with Crippen LogP contribution >= 0.6 is 22.6 Å². The van der Waals surface area contributed by atoms with E-state index in [1.165, 1.54) is 0 Å². The van der Waals surface area contributed by atoms with Crippen LogP contribution in [0.15, 0.2) is 18.2 Å². The summed E-state index contributed by atoms with van der Waals surface area (Å²) in [5.41, 5.74) is 1.88. The van der Waals surface area contributed by atoms with Crippen molar-refractivity contribution in [1.82, 2.24) is 5.32 Å². The van der Waals surface area contributed by atoms with Crippen molar-refractivity contribution >= 4 is 34.2 Å². The van der Waals surface area contributed by atoms with E-state index < -0.39 is 6.10 Å². The zero-order valence-electron chi connectivity index (χ0n) is 9.53. The van der Waals surface area contributed by atoms with Crippen molar-refractivity contribution in [2.24, 2.45) is 0 Å². The van der Waals surface area contributed by atoms with Crippen molar-refractivity contribution in [3.8, 4) is 0 Å². The van der Waals surface area contributed by atoms with Gasteiger partial charge in [0.25, 0.3) is 0 Å². The predicted molar refractivity (Wildman–Crippen MR) is 74.9 cm³/mol. The molecule has 1 aliphatic heterocycles. The number of benzene rings is 1. The van der Waals surface area contributed by atoms with Crippen LogP contribution in [0, 0.1) is 10.5 Å². The molecule has 1 amide bonds. The molecule has 5 heteroatoms. The van der Waals surface area contributed by atoms with Gasteiger partial charge in [-0.3, -0.25) is 4.79 Å².